The first-order chi connectivity index (χ1) is 19.9. The van der Waals surface area contributed by atoms with Gasteiger partial charge in [-0.2, -0.15) is 5.26 Å². The van der Waals surface area contributed by atoms with Gasteiger partial charge in [-0.1, -0.05) is 18.2 Å². The smallest absolute Gasteiger partial charge is 0.419 e. The predicted octanol–water partition coefficient (Wildman–Crippen LogP) is 3.39. The summed E-state index contributed by atoms with van der Waals surface area (Å²) in [4.78, 5) is 39.2. The lowest BCUT2D eigenvalue weighted by atomic mass is 10.00. The topological polar surface area (TPSA) is 136 Å². The number of nitriles is 1. The van der Waals surface area contributed by atoms with Crippen LogP contribution in [0.5, 0.6) is 0 Å². The maximum Gasteiger partial charge on any atom is 0.419 e. The maximum atomic E-state index is 15.2. The van der Waals surface area contributed by atoms with E-state index in [1.54, 1.807) is 58.2 Å². The van der Waals surface area contributed by atoms with Gasteiger partial charge in [-0.3, -0.25) is 9.36 Å². The highest BCUT2D eigenvalue weighted by atomic mass is 19.1. The van der Waals surface area contributed by atoms with Crippen LogP contribution in [0, 0.1) is 23.1 Å². The van der Waals surface area contributed by atoms with E-state index in [1.807, 2.05) is 6.07 Å². The Morgan fingerprint density at radius 1 is 1.19 bits per heavy atom. The molecule has 224 valence electrons. The van der Waals surface area contributed by atoms with E-state index < -0.39 is 41.3 Å². The Balaban J connectivity index is 1.45. The lowest BCUT2D eigenvalue weighted by Gasteiger charge is -2.28. The molecule has 42 heavy (non-hydrogen) atoms. The van der Waals surface area contributed by atoms with Crippen LogP contribution in [0.2, 0.25) is 0 Å². The molecule has 0 aliphatic carbocycles. The Hall–Kier alpha value is -4.21. The van der Waals surface area contributed by atoms with Crippen LogP contribution in [0.25, 0.3) is 22.2 Å². The van der Waals surface area contributed by atoms with E-state index in [9.17, 15) is 19.6 Å². The van der Waals surface area contributed by atoms with Gasteiger partial charge in [0.1, 0.15) is 17.5 Å². The number of ether oxygens (including phenoxy) is 3. The molecule has 0 radical (unpaired) electrons. The highest BCUT2D eigenvalue weighted by Gasteiger charge is 2.34. The van der Waals surface area contributed by atoms with Gasteiger partial charge in [-0.25, -0.2) is 14.0 Å². The monoisotopic (exact) mass is 582 g/mol. The average Bonchev–Trinajstić information content (AvgIpc) is 3.08. The summed E-state index contributed by atoms with van der Waals surface area (Å²) in [6.45, 7) is 5.93. The van der Waals surface area contributed by atoms with Crippen LogP contribution in [0.15, 0.2) is 45.6 Å². The van der Waals surface area contributed by atoms with Crippen LogP contribution in [0.3, 0.4) is 0 Å². The number of aryl methyl sites for hydroxylation is 1. The van der Waals surface area contributed by atoms with Crippen LogP contribution < -0.4 is 11.1 Å². The minimum atomic E-state index is -1.06. The van der Waals surface area contributed by atoms with Gasteiger partial charge < -0.3 is 28.8 Å². The average molecular weight is 583 g/mol. The van der Waals surface area contributed by atoms with Crippen molar-refractivity contribution in [1.82, 2.24) is 14.8 Å². The van der Waals surface area contributed by atoms with Gasteiger partial charge in [-0.15, -0.1) is 0 Å². The molecule has 3 atom stereocenters. The Kier molecular flexibility index (Phi) is 9.33. The molecule has 2 heterocycles. The molecule has 1 aliphatic heterocycles. The number of benzene rings is 2. The lowest BCUT2D eigenvalue weighted by molar-refractivity contribution is -0.133. The molecule has 1 aromatic heterocycles. The van der Waals surface area contributed by atoms with Crippen molar-refractivity contribution >= 4 is 23.1 Å². The molecule has 2 aromatic carbocycles. The number of rotatable bonds is 7. The van der Waals surface area contributed by atoms with Gasteiger partial charge in [0.05, 0.1) is 31.3 Å². The molecule has 3 aromatic rings. The van der Waals surface area contributed by atoms with Crippen molar-refractivity contribution in [2.75, 3.05) is 33.4 Å². The number of methoxy groups -OCH3 is 1. The first-order valence-corrected chi connectivity index (χ1v) is 13.6. The lowest BCUT2D eigenvalue weighted by Crippen LogP contribution is -2.48. The summed E-state index contributed by atoms with van der Waals surface area (Å²) in [5, 5.41) is 12.4. The molecular formula is C30H35FN4O7. The number of nitrogens with zero attached hydrogens (tertiary/aromatic N) is 3. The zero-order valence-corrected chi connectivity index (χ0v) is 24.3. The van der Waals surface area contributed by atoms with Crippen LogP contribution in [0.1, 0.15) is 26.3 Å². The minimum absolute atomic E-state index is 0.0746. The van der Waals surface area contributed by atoms with E-state index in [2.05, 4.69) is 5.32 Å². The third kappa shape index (κ3) is 7.35. The molecule has 0 unspecified atom stereocenters. The largest absolute Gasteiger partial charge is 0.444 e. The van der Waals surface area contributed by atoms with Crippen LogP contribution in [-0.4, -0.2) is 72.6 Å². The molecule has 0 bridgehead atoms. The molecule has 11 nitrogen and oxygen atoms in total. The van der Waals surface area contributed by atoms with E-state index in [-0.39, 0.29) is 37.6 Å². The Morgan fingerprint density at radius 2 is 1.90 bits per heavy atom. The van der Waals surface area contributed by atoms with Crippen LogP contribution >= 0.6 is 0 Å². The van der Waals surface area contributed by atoms with Crippen molar-refractivity contribution in [3.63, 3.8) is 0 Å². The Morgan fingerprint density at radius 3 is 2.57 bits per heavy atom. The van der Waals surface area contributed by atoms with Crippen molar-refractivity contribution in [1.29, 1.82) is 5.26 Å². The Labute approximate surface area is 242 Å². The van der Waals surface area contributed by atoms with Gasteiger partial charge in [0.2, 0.25) is 0 Å². The summed E-state index contributed by atoms with van der Waals surface area (Å²) < 4.78 is 38.2. The number of hydrogen-bond acceptors (Lipinski definition) is 8. The van der Waals surface area contributed by atoms with Gasteiger partial charge in [0.15, 0.2) is 11.7 Å². The Bertz CT molecular complexity index is 1550. The van der Waals surface area contributed by atoms with Gasteiger partial charge in [0.25, 0.3) is 5.91 Å². The number of amides is 2. The molecule has 0 spiro atoms. The van der Waals surface area contributed by atoms with Crippen molar-refractivity contribution in [3.8, 4) is 17.2 Å². The zero-order valence-electron chi connectivity index (χ0n) is 24.3. The van der Waals surface area contributed by atoms with Crippen LogP contribution in [0.4, 0.5) is 9.18 Å². The van der Waals surface area contributed by atoms with Gasteiger partial charge in [-0.05, 0) is 55.7 Å². The number of halogens is 1. The summed E-state index contributed by atoms with van der Waals surface area (Å²) in [6.07, 6.45) is -1.73. The molecule has 12 heteroatoms. The molecule has 1 N–H and O–H groups in total. The fourth-order valence-electron chi connectivity index (χ4n) is 4.73. The highest BCUT2D eigenvalue weighted by molar-refractivity contribution is 5.83. The van der Waals surface area contributed by atoms with Crippen molar-refractivity contribution in [2.24, 2.45) is 13.0 Å². The van der Waals surface area contributed by atoms with E-state index in [0.717, 1.165) is 0 Å². The fourth-order valence-corrected chi connectivity index (χ4v) is 4.73. The zero-order chi connectivity index (χ0) is 30.6. The predicted molar refractivity (Wildman–Crippen MR) is 151 cm³/mol. The van der Waals surface area contributed by atoms with Crippen molar-refractivity contribution in [2.45, 2.75) is 44.9 Å². The second-order valence-corrected chi connectivity index (χ2v) is 11.3. The summed E-state index contributed by atoms with van der Waals surface area (Å²) in [5.74, 6) is -1.81. The molecule has 0 saturated carbocycles. The number of fused-ring (bicyclic) bond motifs is 1. The fraction of sp³-hybridized carbons (Fsp3) is 0.467. The van der Waals surface area contributed by atoms with Crippen molar-refractivity contribution in [3.05, 3.63) is 58.3 Å². The number of hydrogen-bond donors (Lipinski definition) is 1. The third-order valence-electron chi connectivity index (χ3n) is 6.82. The van der Waals surface area contributed by atoms with E-state index in [0.29, 0.717) is 28.8 Å². The van der Waals surface area contributed by atoms with Crippen LogP contribution in [-0.2, 0) is 32.5 Å². The quantitative estimate of drug-likeness (QED) is 0.448. The number of oxazole rings is 1. The molecule has 1 fully saturated rings. The SMILES string of the molecule is COC[C@H]1CO[C@H](C(=O)N[C@H](C#N)Cc2ccc(-c3ccc4oc(=O)n(C)c4c3)cc2F)CN(C(=O)OC(C)(C)C)C1. The second-order valence-electron chi connectivity index (χ2n) is 11.3. The maximum absolute atomic E-state index is 15.2. The number of aromatic nitrogens is 1. The molecule has 4 rings (SSSR count). The number of nitrogens with one attached hydrogen (secondary N) is 1. The molecular weight excluding hydrogens is 547 g/mol. The van der Waals surface area contributed by atoms with Gasteiger partial charge in [0, 0.05) is 33.0 Å². The molecule has 2 amide bonds. The summed E-state index contributed by atoms with van der Waals surface area (Å²) in [6, 6.07) is 10.7. The van der Waals surface area contributed by atoms with Crippen molar-refractivity contribution < 1.29 is 32.6 Å². The summed E-state index contributed by atoms with van der Waals surface area (Å²) >= 11 is 0. The summed E-state index contributed by atoms with van der Waals surface area (Å²) in [5.41, 5.74) is 1.77. The van der Waals surface area contributed by atoms with E-state index in [4.69, 9.17) is 18.6 Å². The number of carbonyl (C=O) groups excluding carboxylic acids is 2. The minimum Gasteiger partial charge on any atom is -0.444 e. The number of carbonyl (C=O) groups is 2. The normalized spacial score (nSPS) is 18.3. The second kappa shape index (κ2) is 12.8. The molecule has 1 saturated heterocycles. The standard InChI is InChI=1S/C30H35FN4O7/c1-30(2,3)42-29(38)35-14-18(16-39-5)17-40-26(15-35)27(36)33-22(13-32)10-21-7-6-19(11-23(21)31)20-8-9-25-24(12-20)34(4)28(37)41-25/h6-9,11-12,18,22,26H,10,14-17H2,1-5H3,(H,33,36)/t18-,22-,26-/m0/s1. The molecule has 1 aliphatic rings. The highest BCUT2D eigenvalue weighted by Crippen LogP contribution is 2.26. The van der Waals surface area contributed by atoms with E-state index >= 15 is 4.39 Å². The first kappa shape index (κ1) is 30.7. The van der Waals surface area contributed by atoms with Gasteiger partial charge >= 0.3 is 11.8 Å². The van der Waals surface area contributed by atoms with E-state index in [1.165, 1.54) is 22.6 Å². The first-order valence-electron chi connectivity index (χ1n) is 13.6. The third-order valence-corrected chi connectivity index (χ3v) is 6.82. The summed E-state index contributed by atoms with van der Waals surface area (Å²) in [7, 11) is 3.13.